The molecule has 1 aliphatic carbocycles. The van der Waals surface area contributed by atoms with Crippen LogP contribution in [-0.4, -0.2) is 26.2 Å². The molecule has 108 valence electrons. The fourth-order valence-electron chi connectivity index (χ4n) is 3.04. The van der Waals surface area contributed by atoms with Crippen molar-refractivity contribution in [1.29, 1.82) is 0 Å². The number of ether oxygens (including phenoxy) is 2. The summed E-state index contributed by atoms with van der Waals surface area (Å²) in [6, 6.07) is 1.99. The van der Waals surface area contributed by atoms with Crippen LogP contribution in [0, 0.1) is 12.3 Å². The molecule has 20 heavy (non-hydrogen) atoms. The molecule has 0 aliphatic heterocycles. The number of carbonyl (C=O) groups is 2. The molecule has 0 unspecified atom stereocenters. The summed E-state index contributed by atoms with van der Waals surface area (Å²) in [7, 11) is 2.65. The van der Waals surface area contributed by atoms with Crippen molar-refractivity contribution in [2.45, 2.75) is 33.6 Å². The Bertz CT molecular complexity index is 585. The third kappa shape index (κ3) is 2.30. The van der Waals surface area contributed by atoms with E-state index in [1.807, 2.05) is 13.0 Å². The highest BCUT2D eigenvalue weighted by atomic mass is 16.5. The summed E-state index contributed by atoms with van der Waals surface area (Å²) in [5.41, 5.74) is 3.60. The maximum Gasteiger partial charge on any atom is 0.339 e. The molecule has 1 aliphatic rings. The number of benzene rings is 1. The lowest BCUT2D eigenvalue weighted by Crippen LogP contribution is -2.17. The van der Waals surface area contributed by atoms with Crippen molar-refractivity contribution in [1.82, 2.24) is 0 Å². The van der Waals surface area contributed by atoms with Crippen LogP contribution in [0.2, 0.25) is 0 Å². The van der Waals surface area contributed by atoms with E-state index in [1.54, 1.807) is 0 Å². The summed E-state index contributed by atoms with van der Waals surface area (Å²) >= 11 is 0. The number of esters is 2. The largest absolute Gasteiger partial charge is 0.465 e. The highest BCUT2D eigenvalue weighted by Gasteiger charge is 2.35. The van der Waals surface area contributed by atoms with Crippen molar-refractivity contribution in [3.05, 3.63) is 33.9 Å². The maximum atomic E-state index is 12.1. The molecule has 0 amide bonds. The van der Waals surface area contributed by atoms with Gasteiger partial charge in [-0.25, -0.2) is 9.59 Å². The quantitative estimate of drug-likeness (QED) is 0.779. The molecule has 0 saturated heterocycles. The zero-order valence-corrected chi connectivity index (χ0v) is 12.6. The van der Waals surface area contributed by atoms with E-state index in [4.69, 9.17) is 9.47 Å². The van der Waals surface area contributed by atoms with Gasteiger partial charge in [0.2, 0.25) is 0 Å². The molecule has 1 aromatic rings. The summed E-state index contributed by atoms with van der Waals surface area (Å²) in [6.07, 6.45) is 1.66. The van der Waals surface area contributed by atoms with Gasteiger partial charge >= 0.3 is 11.9 Å². The molecule has 1 aromatic carbocycles. The van der Waals surface area contributed by atoms with Crippen LogP contribution in [0.1, 0.15) is 51.3 Å². The average Bonchev–Trinajstić information content (AvgIpc) is 2.68. The van der Waals surface area contributed by atoms with Gasteiger partial charge in [0.15, 0.2) is 0 Å². The van der Waals surface area contributed by atoms with E-state index in [-0.39, 0.29) is 5.41 Å². The Balaban J connectivity index is 2.72. The lowest BCUT2D eigenvalue weighted by atomic mass is 9.89. The van der Waals surface area contributed by atoms with Crippen molar-refractivity contribution in [3.8, 4) is 0 Å². The number of carbonyl (C=O) groups excluding carboxylic acids is 2. The molecule has 0 fully saturated rings. The van der Waals surface area contributed by atoms with E-state index in [9.17, 15) is 9.59 Å². The Morgan fingerprint density at radius 1 is 1.05 bits per heavy atom. The van der Waals surface area contributed by atoms with E-state index >= 15 is 0 Å². The van der Waals surface area contributed by atoms with Crippen LogP contribution in [0.15, 0.2) is 6.07 Å². The molecule has 0 heterocycles. The van der Waals surface area contributed by atoms with Gasteiger partial charge in [0.05, 0.1) is 25.3 Å². The molecule has 2 rings (SSSR count). The second-order valence-corrected chi connectivity index (χ2v) is 6.08. The molecule has 0 N–H and O–H groups in total. The summed E-state index contributed by atoms with van der Waals surface area (Å²) in [5.74, 6) is -0.960. The number of hydrogen-bond donors (Lipinski definition) is 0. The van der Waals surface area contributed by atoms with Crippen molar-refractivity contribution >= 4 is 11.9 Å². The molecular formula is C16H20O4. The SMILES string of the molecule is COC(=O)c1c(C)cc2c(c1C(=O)OC)CC(C)(C)C2. The summed E-state index contributed by atoms with van der Waals surface area (Å²) < 4.78 is 9.69. The topological polar surface area (TPSA) is 52.6 Å². The van der Waals surface area contributed by atoms with Gasteiger partial charge in [-0.15, -0.1) is 0 Å². The lowest BCUT2D eigenvalue weighted by molar-refractivity contribution is 0.0553. The van der Waals surface area contributed by atoms with Crippen LogP contribution < -0.4 is 0 Å². The van der Waals surface area contributed by atoms with Crippen molar-refractivity contribution in [3.63, 3.8) is 0 Å². The zero-order chi connectivity index (χ0) is 15.1. The van der Waals surface area contributed by atoms with Gasteiger partial charge < -0.3 is 9.47 Å². The minimum atomic E-state index is -0.490. The molecule has 0 aromatic heterocycles. The van der Waals surface area contributed by atoms with Gasteiger partial charge in [0, 0.05) is 0 Å². The summed E-state index contributed by atoms with van der Waals surface area (Å²) in [4.78, 5) is 24.2. The second-order valence-electron chi connectivity index (χ2n) is 6.08. The molecule has 4 nitrogen and oxygen atoms in total. The fourth-order valence-corrected chi connectivity index (χ4v) is 3.04. The molecular weight excluding hydrogens is 256 g/mol. The highest BCUT2D eigenvalue weighted by molar-refractivity contribution is 6.05. The van der Waals surface area contributed by atoms with Gasteiger partial charge in [-0.3, -0.25) is 0 Å². The Hall–Kier alpha value is -1.84. The van der Waals surface area contributed by atoms with Crippen molar-refractivity contribution in [2.75, 3.05) is 14.2 Å². The number of methoxy groups -OCH3 is 2. The minimum Gasteiger partial charge on any atom is -0.465 e. The molecule has 0 radical (unpaired) electrons. The van der Waals surface area contributed by atoms with E-state index < -0.39 is 11.9 Å². The normalized spacial score (nSPS) is 15.7. The summed E-state index contributed by atoms with van der Waals surface area (Å²) in [6.45, 7) is 6.13. The van der Waals surface area contributed by atoms with Crippen LogP contribution in [0.5, 0.6) is 0 Å². The molecule has 0 saturated carbocycles. The van der Waals surface area contributed by atoms with E-state index in [0.717, 1.165) is 29.5 Å². The van der Waals surface area contributed by atoms with Gasteiger partial charge in [0.25, 0.3) is 0 Å². The van der Waals surface area contributed by atoms with Gasteiger partial charge in [0.1, 0.15) is 0 Å². The third-order valence-electron chi connectivity index (χ3n) is 3.83. The standard InChI is InChI=1S/C16H20O4/c1-9-6-10-7-16(2,3)8-11(10)13(15(18)20-5)12(9)14(17)19-4/h6H,7-8H2,1-5H3. The Labute approximate surface area is 119 Å². The van der Waals surface area contributed by atoms with Crippen LogP contribution in [0.25, 0.3) is 0 Å². The Morgan fingerprint density at radius 2 is 1.60 bits per heavy atom. The molecule has 4 heteroatoms. The average molecular weight is 276 g/mol. The first-order valence-corrected chi connectivity index (χ1v) is 6.62. The maximum absolute atomic E-state index is 12.1. The third-order valence-corrected chi connectivity index (χ3v) is 3.83. The Morgan fingerprint density at radius 3 is 2.15 bits per heavy atom. The van der Waals surface area contributed by atoms with E-state index in [1.165, 1.54) is 14.2 Å². The molecule has 0 bridgehead atoms. The monoisotopic (exact) mass is 276 g/mol. The van der Waals surface area contributed by atoms with E-state index in [2.05, 4.69) is 13.8 Å². The zero-order valence-electron chi connectivity index (χ0n) is 12.6. The lowest BCUT2D eigenvalue weighted by Gasteiger charge is -2.16. The van der Waals surface area contributed by atoms with E-state index in [0.29, 0.717) is 11.1 Å². The second kappa shape index (κ2) is 4.93. The van der Waals surface area contributed by atoms with Crippen LogP contribution in [0.4, 0.5) is 0 Å². The van der Waals surface area contributed by atoms with Crippen LogP contribution in [0.3, 0.4) is 0 Å². The van der Waals surface area contributed by atoms with Crippen LogP contribution >= 0.6 is 0 Å². The number of aryl methyl sites for hydroxylation is 1. The summed E-state index contributed by atoms with van der Waals surface area (Å²) in [5, 5.41) is 0. The number of rotatable bonds is 2. The smallest absolute Gasteiger partial charge is 0.339 e. The Kier molecular flexibility index (Phi) is 3.59. The first-order valence-electron chi connectivity index (χ1n) is 6.62. The predicted molar refractivity (Wildman–Crippen MR) is 75.0 cm³/mol. The van der Waals surface area contributed by atoms with Gasteiger partial charge in [-0.05, 0) is 41.9 Å². The predicted octanol–water partition coefficient (Wildman–Crippen LogP) is 2.69. The first kappa shape index (κ1) is 14.6. The number of fused-ring (bicyclic) bond motifs is 1. The molecule has 0 spiro atoms. The van der Waals surface area contributed by atoms with Crippen LogP contribution in [-0.2, 0) is 22.3 Å². The first-order chi connectivity index (χ1) is 9.30. The highest BCUT2D eigenvalue weighted by Crippen LogP contribution is 2.40. The fraction of sp³-hybridized carbons (Fsp3) is 0.500. The van der Waals surface area contributed by atoms with Crippen molar-refractivity contribution in [2.24, 2.45) is 5.41 Å². The number of hydrogen-bond acceptors (Lipinski definition) is 4. The van der Waals surface area contributed by atoms with Crippen molar-refractivity contribution < 1.29 is 19.1 Å². The van der Waals surface area contributed by atoms with Gasteiger partial charge in [-0.2, -0.15) is 0 Å². The van der Waals surface area contributed by atoms with Gasteiger partial charge in [-0.1, -0.05) is 19.9 Å². The minimum absolute atomic E-state index is 0.0896. The molecule has 0 atom stereocenters.